The Labute approximate surface area is 115 Å². The van der Waals surface area contributed by atoms with Gasteiger partial charge in [0.1, 0.15) is 6.20 Å². The molecule has 1 aliphatic rings. The lowest BCUT2D eigenvalue weighted by atomic mass is 9.87. The van der Waals surface area contributed by atoms with E-state index in [0.717, 1.165) is 31.9 Å². The highest BCUT2D eigenvalue weighted by Gasteiger charge is 2.21. The molecule has 0 radical (unpaired) electrons. The van der Waals surface area contributed by atoms with Crippen LogP contribution in [-0.2, 0) is 0 Å². The average Bonchev–Trinajstić information content (AvgIpc) is 2.38. The van der Waals surface area contributed by atoms with Crippen molar-refractivity contribution >= 4 is 23.1 Å². The molecule has 0 atom stereocenters. The van der Waals surface area contributed by atoms with Gasteiger partial charge in [-0.2, -0.15) is 4.98 Å². The molecule has 0 amide bonds. The molecule has 1 saturated carbocycles. The number of aromatic nitrogens is 2. The number of anilines is 1. The van der Waals surface area contributed by atoms with Crippen molar-refractivity contribution in [2.45, 2.75) is 31.8 Å². The average molecular weight is 287 g/mol. The van der Waals surface area contributed by atoms with E-state index in [-0.39, 0.29) is 22.9 Å². The van der Waals surface area contributed by atoms with Crippen LogP contribution in [0.1, 0.15) is 25.7 Å². The smallest absolute Gasteiger partial charge is 0.329 e. The van der Waals surface area contributed by atoms with Crippen molar-refractivity contribution in [1.29, 1.82) is 0 Å². The van der Waals surface area contributed by atoms with Crippen molar-refractivity contribution in [3.05, 3.63) is 21.6 Å². The molecule has 0 saturated heterocycles. The first-order valence-corrected chi connectivity index (χ1v) is 6.53. The number of hydrogen-bond donors (Lipinski definition) is 2. The second-order valence-electron chi connectivity index (χ2n) is 4.69. The molecule has 0 bridgehead atoms. The van der Waals surface area contributed by atoms with Crippen LogP contribution in [0.25, 0.3) is 0 Å². The van der Waals surface area contributed by atoms with Gasteiger partial charge >= 0.3 is 5.69 Å². The molecule has 7 nitrogen and oxygen atoms in total. The van der Waals surface area contributed by atoms with Crippen LogP contribution in [0.15, 0.2) is 6.20 Å². The Kier molecular flexibility index (Phi) is 4.49. The lowest BCUT2D eigenvalue weighted by Gasteiger charge is -2.25. The maximum Gasteiger partial charge on any atom is 0.329 e. The fourth-order valence-electron chi connectivity index (χ4n) is 2.21. The van der Waals surface area contributed by atoms with Crippen molar-refractivity contribution < 1.29 is 10.0 Å². The Bertz CT molecular complexity index is 463. The summed E-state index contributed by atoms with van der Waals surface area (Å²) < 4.78 is 0. The number of nitrogens with one attached hydrogen (secondary N) is 1. The number of aliphatic hydroxyl groups is 1. The van der Waals surface area contributed by atoms with Gasteiger partial charge < -0.3 is 10.4 Å². The summed E-state index contributed by atoms with van der Waals surface area (Å²) in [6, 6.07) is 0. The number of hydrogen-bond acceptors (Lipinski definition) is 6. The molecule has 0 spiro atoms. The second-order valence-corrected chi connectivity index (χ2v) is 5.02. The van der Waals surface area contributed by atoms with Crippen LogP contribution in [0.5, 0.6) is 0 Å². The molecule has 104 valence electrons. The highest BCUT2D eigenvalue weighted by atomic mass is 35.5. The van der Waals surface area contributed by atoms with Gasteiger partial charge in [0, 0.05) is 6.54 Å². The summed E-state index contributed by atoms with van der Waals surface area (Å²) in [5.74, 6) is 0.535. The summed E-state index contributed by atoms with van der Waals surface area (Å²) in [4.78, 5) is 17.7. The van der Waals surface area contributed by atoms with Gasteiger partial charge in [-0.1, -0.05) is 0 Å². The highest BCUT2D eigenvalue weighted by Crippen LogP contribution is 2.26. The monoisotopic (exact) mass is 286 g/mol. The van der Waals surface area contributed by atoms with Gasteiger partial charge in [-0.15, -0.1) is 0 Å². The van der Waals surface area contributed by atoms with E-state index >= 15 is 0 Å². The van der Waals surface area contributed by atoms with E-state index in [1.165, 1.54) is 0 Å². The van der Waals surface area contributed by atoms with Crippen molar-refractivity contribution in [1.82, 2.24) is 9.97 Å². The van der Waals surface area contributed by atoms with E-state index in [0.29, 0.717) is 12.5 Å². The Hall–Kier alpha value is -1.47. The van der Waals surface area contributed by atoms with E-state index in [1.807, 2.05) is 0 Å². The topological polar surface area (TPSA) is 101 Å². The second kappa shape index (κ2) is 6.12. The Morgan fingerprint density at radius 3 is 2.79 bits per heavy atom. The minimum absolute atomic E-state index is 0.0211. The van der Waals surface area contributed by atoms with Crippen molar-refractivity contribution in [3.63, 3.8) is 0 Å². The van der Waals surface area contributed by atoms with Crippen LogP contribution < -0.4 is 5.32 Å². The van der Waals surface area contributed by atoms with E-state index in [9.17, 15) is 15.2 Å². The lowest BCUT2D eigenvalue weighted by molar-refractivity contribution is -0.384. The molecule has 8 heteroatoms. The van der Waals surface area contributed by atoms with Crippen LogP contribution in [0.3, 0.4) is 0 Å². The van der Waals surface area contributed by atoms with Gasteiger partial charge in [0.05, 0.1) is 11.0 Å². The molecule has 2 N–H and O–H groups in total. The van der Waals surface area contributed by atoms with Crippen LogP contribution in [0.2, 0.25) is 5.28 Å². The maximum absolute atomic E-state index is 10.8. The first kappa shape index (κ1) is 14.0. The Morgan fingerprint density at radius 1 is 1.47 bits per heavy atom. The highest BCUT2D eigenvalue weighted by molar-refractivity contribution is 6.28. The summed E-state index contributed by atoms with van der Waals surface area (Å²) in [7, 11) is 0. The predicted octanol–water partition coefficient (Wildman–Crippen LogP) is 2.00. The Morgan fingerprint density at radius 2 is 2.16 bits per heavy atom. The number of halogens is 1. The largest absolute Gasteiger partial charge is 0.393 e. The van der Waals surface area contributed by atoms with E-state index in [2.05, 4.69) is 15.3 Å². The van der Waals surface area contributed by atoms with Crippen LogP contribution >= 0.6 is 11.6 Å². The van der Waals surface area contributed by atoms with Crippen molar-refractivity contribution in [2.24, 2.45) is 5.92 Å². The van der Waals surface area contributed by atoms with Gasteiger partial charge in [0.2, 0.25) is 11.1 Å². The minimum atomic E-state index is -0.538. The van der Waals surface area contributed by atoms with E-state index in [1.54, 1.807) is 0 Å². The molecule has 1 aromatic rings. The van der Waals surface area contributed by atoms with Gasteiger partial charge in [-0.3, -0.25) is 10.1 Å². The molecule has 1 heterocycles. The molecule has 0 aromatic carbocycles. The lowest BCUT2D eigenvalue weighted by Crippen LogP contribution is -2.24. The third-order valence-corrected chi connectivity index (χ3v) is 3.49. The fraction of sp³-hybridized carbons (Fsp3) is 0.636. The maximum atomic E-state index is 10.8. The number of aliphatic hydroxyl groups excluding tert-OH is 1. The molecule has 2 rings (SSSR count). The van der Waals surface area contributed by atoms with Gasteiger partial charge in [0.15, 0.2) is 0 Å². The number of rotatable bonds is 4. The zero-order valence-corrected chi connectivity index (χ0v) is 11.0. The molecule has 0 aliphatic heterocycles. The summed E-state index contributed by atoms with van der Waals surface area (Å²) in [5, 5.41) is 23.2. The van der Waals surface area contributed by atoms with E-state index in [4.69, 9.17) is 11.6 Å². The molecule has 1 aliphatic carbocycles. The molecule has 1 aromatic heterocycles. The summed E-state index contributed by atoms with van der Waals surface area (Å²) in [6.07, 6.45) is 4.25. The van der Waals surface area contributed by atoms with Crippen molar-refractivity contribution in [2.75, 3.05) is 11.9 Å². The fourth-order valence-corrected chi connectivity index (χ4v) is 2.34. The SMILES string of the molecule is O=[N+]([O-])c1cnc(Cl)nc1NCC1CCC(O)CC1. The number of nitrogens with zero attached hydrogens (tertiary/aromatic N) is 3. The standard InChI is InChI=1S/C11H15ClN4O3/c12-11-14-6-9(16(18)19)10(15-11)13-5-7-1-3-8(17)4-2-7/h6-8,17H,1-5H2,(H,13,14,15). The molecule has 19 heavy (non-hydrogen) atoms. The first-order chi connectivity index (χ1) is 9.06. The predicted molar refractivity (Wildman–Crippen MR) is 70.2 cm³/mol. The first-order valence-electron chi connectivity index (χ1n) is 6.15. The molecule has 0 unspecified atom stereocenters. The van der Waals surface area contributed by atoms with Gasteiger partial charge in [-0.25, -0.2) is 4.98 Å². The minimum Gasteiger partial charge on any atom is -0.393 e. The molecular weight excluding hydrogens is 272 g/mol. The summed E-state index contributed by atoms with van der Waals surface area (Å²) in [5.41, 5.74) is -0.180. The summed E-state index contributed by atoms with van der Waals surface area (Å²) in [6.45, 7) is 0.584. The van der Waals surface area contributed by atoms with E-state index < -0.39 is 4.92 Å². The molecule has 1 fully saturated rings. The van der Waals surface area contributed by atoms with Crippen molar-refractivity contribution in [3.8, 4) is 0 Å². The van der Waals surface area contributed by atoms with Gasteiger partial charge in [0.25, 0.3) is 0 Å². The number of nitro groups is 1. The third kappa shape index (κ3) is 3.74. The zero-order valence-electron chi connectivity index (χ0n) is 10.3. The van der Waals surface area contributed by atoms with Crippen LogP contribution in [-0.4, -0.2) is 32.6 Å². The van der Waals surface area contributed by atoms with Crippen LogP contribution in [0.4, 0.5) is 11.5 Å². The van der Waals surface area contributed by atoms with Crippen LogP contribution in [0, 0.1) is 16.0 Å². The Balaban J connectivity index is 1.98. The normalized spacial score (nSPS) is 23.1. The third-order valence-electron chi connectivity index (χ3n) is 3.31. The quantitative estimate of drug-likeness (QED) is 0.499. The summed E-state index contributed by atoms with van der Waals surface area (Å²) >= 11 is 5.64. The molecular formula is C11H15ClN4O3. The zero-order chi connectivity index (χ0) is 13.8. The van der Waals surface area contributed by atoms with Gasteiger partial charge in [-0.05, 0) is 43.2 Å².